The van der Waals surface area contributed by atoms with E-state index >= 15 is 0 Å². The molecule has 0 bridgehead atoms. The van der Waals surface area contributed by atoms with Crippen LogP contribution in [0.25, 0.3) is 0 Å². The second-order valence-corrected chi connectivity index (χ2v) is 4.81. The predicted octanol–water partition coefficient (Wildman–Crippen LogP) is 0.834. The number of hydrogen-bond donors (Lipinski definition) is 4. The third-order valence-electron chi connectivity index (χ3n) is 3.31. The molecule has 1 fully saturated rings. The molecule has 0 aliphatic carbocycles. The fourth-order valence-electron chi connectivity index (χ4n) is 2.26. The topological polar surface area (TPSA) is 111 Å². The summed E-state index contributed by atoms with van der Waals surface area (Å²) in [5, 5.41) is 11.7. The summed E-state index contributed by atoms with van der Waals surface area (Å²) < 4.78 is 0. The van der Waals surface area contributed by atoms with Crippen LogP contribution in [0.4, 0.5) is 10.5 Å². The van der Waals surface area contributed by atoms with Gasteiger partial charge in [0.2, 0.25) is 0 Å². The van der Waals surface area contributed by atoms with E-state index in [-0.39, 0.29) is 11.7 Å². The summed E-state index contributed by atoms with van der Waals surface area (Å²) in [5.41, 5.74) is 6.56. The number of H-pyrrole nitrogens is 1. The van der Waals surface area contributed by atoms with Crippen LogP contribution < -0.4 is 11.1 Å². The lowest BCUT2D eigenvalue weighted by Crippen LogP contribution is -2.34. The number of rotatable bonds is 3. The first kappa shape index (κ1) is 13.4. The molecule has 0 saturated carbocycles. The molecule has 1 atom stereocenters. The zero-order valence-corrected chi connectivity index (χ0v) is 10.8. The predicted molar refractivity (Wildman–Crippen MR) is 70.2 cm³/mol. The number of aromatic nitrogens is 1. The number of nitrogens with two attached hydrogens (primary N) is 1. The number of anilines is 1. The molecule has 1 aromatic rings. The largest absolute Gasteiger partial charge is 0.477 e. The Morgan fingerprint density at radius 1 is 1.63 bits per heavy atom. The van der Waals surface area contributed by atoms with Gasteiger partial charge in [0.15, 0.2) is 0 Å². The molecule has 2 amide bonds. The lowest BCUT2D eigenvalue weighted by Gasteiger charge is -2.16. The first-order chi connectivity index (χ1) is 9.01. The Balaban J connectivity index is 2.05. The number of aromatic carboxylic acids is 1. The van der Waals surface area contributed by atoms with Crippen LogP contribution in [0.5, 0.6) is 0 Å². The number of nitrogens with one attached hydrogen (secondary N) is 2. The third kappa shape index (κ3) is 2.87. The van der Waals surface area contributed by atoms with E-state index in [1.54, 1.807) is 17.9 Å². The van der Waals surface area contributed by atoms with Gasteiger partial charge in [-0.1, -0.05) is 0 Å². The number of likely N-dealkylation sites (tertiary alicyclic amines) is 1. The summed E-state index contributed by atoms with van der Waals surface area (Å²) in [4.78, 5) is 27.4. The van der Waals surface area contributed by atoms with Gasteiger partial charge in [0.25, 0.3) is 0 Å². The second-order valence-electron chi connectivity index (χ2n) is 4.81. The zero-order valence-electron chi connectivity index (χ0n) is 10.8. The molecule has 104 valence electrons. The molecule has 1 saturated heterocycles. The molecule has 1 unspecified atom stereocenters. The van der Waals surface area contributed by atoms with Crippen LogP contribution in [0.2, 0.25) is 0 Å². The first-order valence-electron chi connectivity index (χ1n) is 6.20. The van der Waals surface area contributed by atoms with E-state index in [0.717, 1.165) is 6.42 Å². The van der Waals surface area contributed by atoms with Gasteiger partial charge in [0, 0.05) is 18.8 Å². The smallest absolute Gasteiger partial charge is 0.354 e. The van der Waals surface area contributed by atoms with E-state index in [4.69, 9.17) is 10.8 Å². The minimum atomic E-state index is -1.09. The van der Waals surface area contributed by atoms with Crippen molar-refractivity contribution >= 4 is 17.7 Å². The van der Waals surface area contributed by atoms with Gasteiger partial charge in [0.05, 0.1) is 5.69 Å². The highest BCUT2D eigenvalue weighted by Gasteiger charge is 2.26. The number of aryl methyl sites for hydroxylation is 1. The fourth-order valence-corrected chi connectivity index (χ4v) is 2.26. The van der Waals surface area contributed by atoms with Crippen LogP contribution in [-0.2, 0) is 0 Å². The van der Waals surface area contributed by atoms with Gasteiger partial charge >= 0.3 is 12.0 Å². The van der Waals surface area contributed by atoms with Gasteiger partial charge in [-0.25, -0.2) is 9.59 Å². The fraction of sp³-hybridized carbons (Fsp3) is 0.500. The number of carboxylic acid groups (broad SMARTS) is 1. The molecule has 7 heteroatoms. The molecule has 1 aliphatic rings. The van der Waals surface area contributed by atoms with E-state index in [9.17, 15) is 9.59 Å². The van der Waals surface area contributed by atoms with Gasteiger partial charge in [0.1, 0.15) is 5.69 Å². The van der Waals surface area contributed by atoms with Crippen molar-refractivity contribution in [1.82, 2.24) is 9.88 Å². The summed E-state index contributed by atoms with van der Waals surface area (Å²) in [6.07, 6.45) is 0.891. The minimum absolute atomic E-state index is 0.000391. The van der Waals surface area contributed by atoms with Crippen molar-refractivity contribution in [3.8, 4) is 0 Å². The maximum absolute atomic E-state index is 12.0. The second kappa shape index (κ2) is 5.31. The van der Waals surface area contributed by atoms with Crippen molar-refractivity contribution in [2.75, 3.05) is 25.0 Å². The highest BCUT2D eigenvalue weighted by Crippen LogP contribution is 2.20. The van der Waals surface area contributed by atoms with Gasteiger partial charge < -0.3 is 26.0 Å². The number of carboxylic acids is 1. The number of carbonyl (C=O) groups is 2. The SMILES string of the molecule is Cc1cc(NC(=O)N2CCC(CN)C2)c(C(=O)O)[nH]1. The molecule has 0 spiro atoms. The van der Waals surface area contributed by atoms with Crippen LogP contribution in [0.15, 0.2) is 6.07 Å². The Hall–Kier alpha value is -2.02. The van der Waals surface area contributed by atoms with Crippen molar-refractivity contribution in [3.05, 3.63) is 17.5 Å². The van der Waals surface area contributed by atoms with Crippen molar-refractivity contribution in [2.24, 2.45) is 11.7 Å². The molecule has 5 N–H and O–H groups in total. The van der Waals surface area contributed by atoms with E-state index in [2.05, 4.69) is 10.3 Å². The van der Waals surface area contributed by atoms with E-state index in [1.807, 2.05) is 0 Å². The molecule has 0 aromatic carbocycles. The Bertz CT molecular complexity index is 497. The summed E-state index contributed by atoms with van der Waals surface area (Å²) in [6, 6.07) is 1.33. The summed E-state index contributed by atoms with van der Waals surface area (Å²) >= 11 is 0. The molecule has 19 heavy (non-hydrogen) atoms. The minimum Gasteiger partial charge on any atom is -0.477 e. The molecule has 1 aliphatic heterocycles. The Morgan fingerprint density at radius 3 is 2.95 bits per heavy atom. The highest BCUT2D eigenvalue weighted by molar-refractivity contribution is 5.99. The Labute approximate surface area is 110 Å². The number of aromatic amines is 1. The van der Waals surface area contributed by atoms with Crippen molar-refractivity contribution in [3.63, 3.8) is 0 Å². The molecular formula is C12H18N4O3. The average molecular weight is 266 g/mol. The number of nitrogens with zero attached hydrogens (tertiary/aromatic N) is 1. The molecule has 2 heterocycles. The normalized spacial score (nSPS) is 18.6. The maximum Gasteiger partial charge on any atom is 0.354 e. The number of hydrogen-bond acceptors (Lipinski definition) is 3. The van der Waals surface area contributed by atoms with Gasteiger partial charge in [-0.15, -0.1) is 0 Å². The van der Waals surface area contributed by atoms with Crippen LogP contribution >= 0.6 is 0 Å². The number of amides is 2. The lowest BCUT2D eigenvalue weighted by molar-refractivity contribution is 0.0692. The first-order valence-corrected chi connectivity index (χ1v) is 6.20. The third-order valence-corrected chi connectivity index (χ3v) is 3.31. The van der Waals surface area contributed by atoms with Gasteiger partial charge in [-0.3, -0.25) is 0 Å². The summed E-state index contributed by atoms with van der Waals surface area (Å²) in [5.74, 6) is -0.762. The van der Waals surface area contributed by atoms with Crippen molar-refractivity contribution in [1.29, 1.82) is 0 Å². The zero-order chi connectivity index (χ0) is 14.0. The molecule has 2 rings (SSSR count). The Morgan fingerprint density at radius 2 is 2.37 bits per heavy atom. The van der Waals surface area contributed by atoms with Crippen molar-refractivity contribution in [2.45, 2.75) is 13.3 Å². The molecule has 7 nitrogen and oxygen atoms in total. The van der Waals surface area contributed by atoms with Crippen molar-refractivity contribution < 1.29 is 14.7 Å². The van der Waals surface area contributed by atoms with Gasteiger partial charge in [-0.05, 0) is 31.9 Å². The van der Waals surface area contributed by atoms with Crippen LogP contribution in [-0.4, -0.2) is 46.6 Å². The van der Waals surface area contributed by atoms with Crippen LogP contribution in [0, 0.1) is 12.8 Å². The highest BCUT2D eigenvalue weighted by atomic mass is 16.4. The number of urea groups is 1. The summed E-state index contributed by atoms with van der Waals surface area (Å²) in [6.45, 7) is 3.57. The van der Waals surface area contributed by atoms with E-state index < -0.39 is 5.97 Å². The monoisotopic (exact) mass is 266 g/mol. The average Bonchev–Trinajstić information content (AvgIpc) is 2.95. The van der Waals surface area contributed by atoms with Crippen LogP contribution in [0.3, 0.4) is 0 Å². The standard InChI is InChI=1S/C12H18N4O3/c1-7-4-9(10(14-7)11(17)18)15-12(19)16-3-2-8(5-13)6-16/h4,8,14H,2-3,5-6,13H2,1H3,(H,15,19)(H,17,18). The van der Waals surface area contributed by atoms with E-state index in [0.29, 0.717) is 36.9 Å². The quantitative estimate of drug-likeness (QED) is 0.649. The van der Waals surface area contributed by atoms with E-state index in [1.165, 1.54) is 0 Å². The molecule has 0 radical (unpaired) electrons. The molecular weight excluding hydrogens is 248 g/mol. The van der Waals surface area contributed by atoms with Crippen LogP contribution in [0.1, 0.15) is 22.6 Å². The number of carbonyl (C=O) groups excluding carboxylic acids is 1. The molecule has 1 aromatic heterocycles. The van der Waals surface area contributed by atoms with Gasteiger partial charge in [-0.2, -0.15) is 0 Å². The summed E-state index contributed by atoms with van der Waals surface area (Å²) in [7, 11) is 0. The maximum atomic E-state index is 12.0. The lowest BCUT2D eigenvalue weighted by atomic mass is 10.1. The Kier molecular flexibility index (Phi) is 3.75.